The molecule has 0 bridgehead atoms. The quantitative estimate of drug-likeness (QED) is 0.806. The molecule has 96 valence electrons. The van der Waals surface area contributed by atoms with Crippen molar-refractivity contribution in [3.8, 4) is 0 Å². The minimum atomic E-state index is -1.06. The molecule has 0 aliphatic carbocycles. The zero-order valence-electron chi connectivity index (χ0n) is 9.65. The number of carbonyl (C=O) groups excluding carboxylic acids is 1. The Morgan fingerprint density at radius 1 is 1.67 bits per heavy atom. The Bertz CT molecular complexity index is 482. The third-order valence-electron chi connectivity index (χ3n) is 2.67. The van der Waals surface area contributed by atoms with Gasteiger partial charge in [0.25, 0.3) is 0 Å². The first-order valence-electron chi connectivity index (χ1n) is 5.46. The second-order valence-corrected chi connectivity index (χ2v) is 3.79. The average molecular weight is 251 g/mol. The predicted octanol–water partition coefficient (Wildman–Crippen LogP) is 0.869. The normalized spacial score (nSPS) is 18.0. The van der Waals surface area contributed by atoms with Crippen molar-refractivity contribution in [1.82, 2.24) is 9.78 Å². The number of rotatable bonds is 3. The maximum Gasteiger partial charge on any atom is 0.416 e. The van der Waals surface area contributed by atoms with Crippen molar-refractivity contribution in [3.05, 3.63) is 24.9 Å². The highest BCUT2D eigenvalue weighted by molar-refractivity contribution is 5.94. The number of carboxylic acids is 1. The molecule has 0 saturated heterocycles. The molecule has 0 radical (unpaired) electrons. The summed E-state index contributed by atoms with van der Waals surface area (Å²) in [6.07, 6.45) is 2.54. The van der Waals surface area contributed by atoms with Gasteiger partial charge in [-0.2, -0.15) is 5.10 Å². The number of anilines is 1. The number of fused-ring (bicyclic) bond motifs is 1. The van der Waals surface area contributed by atoms with Crippen LogP contribution in [0, 0.1) is 0 Å². The van der Waals surface area contributed by atoms with Gasteiger partial charge >= 0.3 is 12.1 Å². The number of hydrogen-bond donors (Lipinski definition) is 1. The number of carboxylic acid groups (broad SMARTS) is 1. The van der Waals surface area contributed by atoms with E-state index < -0.39 is 18.1 Å². The summed E-state index contributed by atoms with van der Waals surface area (Å²) in [5.74, 6) is -0.624. The van der Waals surface area contributed by atoms with Crippen molar-refractivity contribution in [3.63, 3.8) is 0 Å². The molecule has 1 atom stereocenters. The van der Waals surface area contributed by atoms with Crippen LogP contribution >= 0.6 is 0 Å². The fraction of sp³-hybridized carbons (Fsp3) is 0.364. The number of ether oxygens (including phenoxy) is 1. The molecule has 1 unspecified atom stereocenters. The molecule has 1 aromatic heterocycles. The Kier molecular flexibility index (Phi) is 3.31. The molecule has 2 heterocycles. The zero-order valence-corrected chi connectivity index (χ0v) is 9.65. The molecule has 18 heavy (non-hydrogen) atoms. The fourth-order valence-electron chi connectivity index (χ4n) is 1.89. The monoisotopic (exact) mass is 251 g/mol. The van der Waals surface area contributed by atoms with Gasteiger partial charge in [-0.1, -0.05) is 12.7 Å². The lowest BCUT2D eigenvalue weighted by Crippen LogP contribution is -2.49. The molecule has 2 rings (SSSR count). The molecule has 7 heteroatoms. The van der Waals surface area contributed by atoms with Gasteiger partial charge in [0.1, 0.15) is 18.5 Å². The van der Waals surface area contributed by atoms with Crippen LogP contribution in [0.5, 0.6) is 0 Å². The van der Waals surface area contributed by atoms with Crippen LogP contribution in [-0.4, -0.2) is 39.6 Å². The topological polar surface area (TPSA) is 84.7 Å². The third-order valence-corrected chi connectivity index (χ3v) is 2.67. The van der Waals surface area contributed by atoms with E-state index in [0.29, 0.717) is 18.8 Å². The number of aromatic nitrogens is 2. The second kappa shape index (κ2) is 4.91. The second-order valence-electron chi connectivity index (χ2n) is 3.79. The van der Waals surface area contributed by atoms with Gasteiger partial charge in [0.05, 0.1) is 6.20 Å². The minimum absolute atomic E-state index is 0.0375. The standard InChI is InChI=1S/C11H13N3O4/c1-2-7-18-11(17)14-8(10(15)16)4-6-13-9(14)3-5-12-13/h2-3,5,8H,1,4,6-7H2,(H,15,16). The van der Waals surface area contributed by atoms with Crippen LogP contribution in [-0.2, 0) is 16.1 Å². The molecule has 1 aliphatic heterocycles. The van der Waals surface area contributed by atoms with Gasteiger partial charge in [-0.05, 0) is 6.42 Å². The number of hydrogen-bond acceptors (Lipinski definition) is 4. The van der Waals surface area contributed by atoms with E-state index in [1.165, 1.54) is 12.3 Å². The van der Waals surface area contributed by atoms with Crippen molar-refractivity contribution in [1.29, 1.82) is 0 Å². The summed E-state index contributed by atoms with van der Waals surface area (Å²) in [6, 6.07) is 0.663. The smallest absolute Gasteiger partial charge is 0.416 e. The number of nitrogens with zero attached hydrogens (tertiary/aromatic N) is 3. The Hall–Kier alpha value is -2.31. The summed E-state index contributed by atoms with van der Waals surface area (Å²) >= 11 is 0. The summed E-state index contributed by atoms with van der Waals surface area (Å²) < 4.78 is 6.48. The fourth-order valence-corrected chi connectivity index (χ4v) is 1.89. The lowest BCUT2D eigenvalue weighted by Gasteiger charge is -2.32. The van der Waals surface area contributed by atoms with Crippen molar-refractivity contribution in [2.75, 3.05) is 11.5 Å². The summed E-state index contributed by atoms with van der Waals surface area (Å²) in [7, 11) is 0. The van der Waals surface area contributed by atoms with E-state index >= 15 is 0 Å². The summed E-state index contributed by atoms with van der Waals surface area (Å²) in [5, 5.41) is 13.2. The summed E-state index contributed by atoms with van der Waals surface area (Å²) in [5.41, 5.74) is 0. The molecular weight excluding hydrogens is 238 g/mol. The molecule has 1 aliphatic rings. The first kappa shape index (κ1) is 12.2. The Morgan fingerprint density at radius 3 is 3.11 bits per heavy atom. The Balaban J connectivity index is 2.29. The largest absolute Gasteiger partial charge is 0.480 e. The lowest BCUT2D eigenvalue weighted by molar-refractivity contribution is -0.139. The molecule has 1 N–H and O–H groups in total. The van der Waals surface area contributed by atoms with E-state index in [9.17, 15) is 9.59 Å². The van der Waals surface area contributed by atoms with Gasteiger partial charge in [-0.25, -0.2) is 19.2 Å². The highest BCUT2D eigenvalue weighted by Crippen LogP contribution is 2.25. The van der Waals surface area contributed by atoms with Crippen LogP contribution in [0.4, 0.5) is 10.6 Å². The average Bonchev–Trinajstić information content (AvgIpc) is 2.82. The van der Waals surface area contributed by atoms with Gasteiger partial charge in [0.15, 0.2) is 0 Å². The van der Waals surface area contributed by atoms with Crippen LogP contribution in [0.25, 0.3) is 0 Å². The van der Waals surface area contributed by atoms with E-state index in [1.807, 2.05) is 0 Å². The maximum absolute atomic E-state index is 11.9. The van der Waals surface area contributed by atoms with Gasteiger partial charge in [-0.3, -0.25) is 0 Å². The first-order chi connectivity index (χ1) is 8.65. The SMILES string of the molecule is C=CCOC(=O)N1c2ccnn2CCC1C(=O)O. The van der Waals surface area contributed by atoms with Gasteiger partial charge in [0, 0.05) is 12.6 Å². The van der Waals surface area contributed by atoms with Gasteiger partial charge in [-0.15, -0.1) is 0 Å². The highest BCUT2D eigenvalue weighted by Gasteiger charge is 2.37. The molecule has 1 aromatic rings. The summed E-state index contributed by atoms with van der Waals surface area (Å²) in [4.78, 5) is 24.2. The number of aryl methyl sites for hydroxylation is 1. The van der Waals surface area contributed by atoms with Crippen molar-refractivity contribution in [2.24, 2.45) is 0 Å². The molecule has 0 spiro atoms. The van der Waals surface area contributed by atoms with Gasteiger partial charge in [0.2, 0.25) is 0 Å². The van der Waals surface area contributed by atoms with E-state index in [-0.39, 0.29) is 6.61 Å². The summed E-state index contributed by atoms with van der Waals surface area (Å²) in [6.45, 7) is 3.94. The maximum atomic E-state index is 11.9. The van der Waals surface area contributed by atoms with Crippen LogP contribution in [0.3, 0.4) is 0 Å². The molecular formula is C11H13N3O4. The van der Waals surface area contributed by atoms with Crippen molar-refractivity contribution < 1.29 is 19.4 Å². The van der Waals surface area contributed by atoms with E-state index in [2.05, 4.69) is 11.7 Å². The van der Waals surface area contributed by atoms with E-state index in [4.69, 9.17) is 9.84 Å². The van der Waals surface area contributed by atoms with Crippen molar-refractivity contribution in [2.45, 2.75) is 19.0 Å². The Labute approximate surface area is 103 Å². The van der Waals surface area contributed by atoms with Crippen molar-refractivity contribution >= 4 is 17.9 Å². The van der Waals surface area contributed by atoms with Crippen LogP contribution in [0.2, 0.25) is 0 Å². The van der Waals surface area contributed by atoms with Gasteiger partial charge < -0.3 is 9.84 Å². The minimum Gasteiger partial charge on any atom is -0.480 e. The zero-order chi connectivity index (χ0) is 13.1. The van der Waals surface area contributed by atoms with Crippen LogP contribution < -0.4 is 4.90 Å². The van der Waals surface area contributed by atoms with E-state index in [1.54, 1.807) is 10.7 Å². The first-order valence-corrected chi connectivity index (χ1v) is 5.46. The number of amides is 1. The number of aliphatic carboxylic acids is 1. The lowest BCUT2D eigenvalue weighted by atomic mass is 10.1. The molecule has 7 nitrogen and oxygen atoms in total. The van der Waals surface area contributed by atoms with E-state index in [0.717, 1.165) is 4.90 Å². The molecule has 0 saturated carbocycles. The molecule has 0 aromatic carbocycles. The predicted molar refractivity (Wildman–Crippen MR) is 62.3 cm³/mol. The number of carbonyl (C=O) groups is 2. The Morgan fingerprint density at radius 2 is 2.44 bits per heavy atom. The van der Waals surface area contributed by atoms with Crippen LogP contribution in [0.1, 0.15) is 6.42 Å². The highest BCUT2D eigenvalue weighted by atomic mass is 16.6. The third kappa shape index (κ3) is 2.06. The molecule has 1 amide bonds. The molecule has 0 fully saturated rings. The van der Waals surface area contributed by atoms with Crippen LogP contribution in [0.15, 0.2) is 24.9 Å².